The van der Waals surface area contributed by atoms with Gasteiger partial charge >= 0.3 is 0 Å². The van der Waals surface area contributed by atoms with Crippen molar-refractivity contribution in [2.24, 2.45) is 5.92 Å². The molecule has 0 saturated heterocycles. The third-order valence-corrected chi connectivity index (χ3v) is 4.98. The van der Waals surface area contributed by atoms with Gasteiger partial charge in [-0.25, -0.2) is 0 Å². The first-order valence-electron chi connectivity index (χ1n) is 8.71. The molecule has 24 heavy (non-hydrogen) atoms. The first-order chi connectivity index (χ1) is 11.7. The fraction of sp³-hybridized carbons (Fsp3) is 0.400. The molecular weight excluding hydrogens is 320 g/mol. The number of hydrogen-bond acceptors (Lipinski definition) is 2. The first-order valence-corrected chi connectivity index (χ1v) is 9.09. The van der Waals surface area contributed by atoms with Gasteiger partial charge in [0.1, 0.15) is 0 Å². The van der Waals surface area contributed by atoms with E-state index in [0.29, 0.717) is 10.6 Å². The van der Waals surface area contributed by atoms with Gasteiger partial charge in [-0.15, -0.1) is 0 Å². The number of nitrogens with one attached hydrogen (secondary N) is 1. The topological polar surface area (TPSA) is 42.0 Å². The number of halogens is 1. The predicted octanol–water partition coefficient (Wildman–Crippen LogP) is 5.10. The lowest BCUT2D eigenvalue weighted by Gasteiger charge is -2.10. The zero-order valence-corrected chi connectivity index (χ0v) is 14.6. The van der Waals surface area contributed by atoms with Crippen molar-refractivity contribution < 1.29 is 4.79 Å². The number of pyridine rings is 1. The Labute approximate surface area is 148 Å². The van der Waals surface area contributed by atoms with Gasteiger partial charge in [0, 0.05) is 29.5 Å². The highest BCUT2D eigenvalue weighted by molar-refractivity contribution is 6.30. The van der Waals surface area contributed by atoms with E-state index < -0.39 is 0 Å². The van der Waals surface area contributed by atoms with Crippen LogP contribution in [-0.4, -0.2) is 17.4 Å². The molecule has 1 aliphatic carbocycles. The molecule has 1 fully saturated rings. The molecule has 0 aliphatic heterocycles. The van der Waals surface area contributed by atoms with E-state index in [2.05, 4.69) is 10.3 Å². The summed E-state index contributed by atoms with van der Waals surface area (Å²) in [5.41, 5.74) is 2.52. The summed E-state index contributed by atoms with van der Waals surface area (Å²) in [6.07, 6.45) is 11.1. The highest BCUT2D eigenvalue weighted by Crippen LogP contribution is 2.28. The smallest absolute Gasteiger partial charge is 0.252 e. The molecule has 4 heteroatoms. The highest BCUT2D eigenvalue weighted by Gasteiger charge is 2.14. The minimum Gasteiger partial charge on any atom is -0.352 e. The number of benzene rings is 1. The lowest BCUT2D eigenvalue weighted by atomic mass is 10.0. The van der Waals surface area contributed by atoms with Crippen LogP contribution in [0.25, 0.3) is 11.1 Å². The largest absolute Gasteiger partial charge is 0.352 e. The maximum absolute atomic E-state index is 12.3. The average molecular weight is 343 g/mol. The lowest BCUT2D eigenvalue weighted by molar-refractivity contribution is 0.0952. The quantitative estimate of drug-likeness (QED) is 0.742. The minimum absolute atomic E-state index is 0.0512. The predicted molar refractivity (Wildman–Crippen MR) is 98.2 cm³/mol. The number of hydrogen-bond donors (Lipinski definition) is 1. The Bertz CT molecular complexity index is 678. The number of aromatic nitrogens is 1. The molecule has 1 aromatic carbocycles. The number of rotatable bonds is 6. The first kappa shape index (κ1) is 17.0. The van der Waals surface area contributed by atoms with E-state index in [4.69, 9.17) is 11.6 Å². The molecular formula is C20H23ClN2O. The van der Waals surface area contributed by atoms with Crippen LogP contribution in [0.2, 0.25) is 5.02 Å². The lowest BCUT2D eigenvalue weighted by Crippen LogP contribution is -2.24. The van der Waals surface area contributed by atoms with Crippen LogP contribution in [0.15, 0.2) is 42.7 Å². The Balaban J connectivity index is 1.54. The van der Waals surface area contributed by atoms with E-state index in [0.717, 1.165) is 30.0 Å². The van der Waals surface area contributed by atoms with Gasteiger partial charge in [0.15, 0.2) is 0 Å². The van der Waals surface area contributed by atoms with Crippen molar-refractivity contribution in [3.05, 3.63) is 53.3 Å². The third kappa shape index (κ3) is 4.57. The Morgan fingerprint density at radius 2 is 1.88 bits per heavy atom. The van der Waals surface area contributed by atoms with Crippen LogP contribution >= 0.6 is 11.6 Å². The molecule has 3 rings (SSSR count). The van der Waals surface area contributed by atoms with Crippen molar-refractivity contribution in [2.45, 2.75) is 38.5 Å². The van der Waals surface area contributed by atoms with E-state index in [1.165, 1.54) is 32.1 Å². The van der Waals surface area contributed by atoms with E-state index >= 15 is 0 Å². The van der Waals surface area contributed by atoms with Crippen molar-refractivity contribution in [3.63, 3.8) is 0 Å². The molecule has 1 amide bonds. The molecule has 0 radical (unpaired) electrons. The van der Waals surface area contributed by atoms with Crippen LogP contribution in [0.5, 0.6) is 0 Å². The molecule has 126 valence electrons. The van der Waals surface area contributed by atoms with Crippen molar-refractivity contribution in [1.29, 1.82) is 0 Å². The molecule has 3 nitrogen and oxygen atoms in total. The Morgan fingerprint density at radius 1 is 1.12 bits per heavy atom. The molecule has 1 aromatic heterocycles. The fourth-order valence-corrected chi connectivity index (χ4v) is 3.48. The zero-order chi connectivity index (χ0) is 16.8. The van der Waals surface area contributed by atoms with Crippen LogP contribution < -0.4 is 5.32 Å². The number of carbonyl (C=O) groups excluding carboxylic acids is 1. The van der Waals surface area contributed by atoms with Crippen LogP contribution in [0.1, 0.15) is 48.9 Å². The SMILES string of the molecule is O=C(NCCCC1CCCC1)c1cncc(-c2ccc(Cl)cc2)c1. The second-order valence-corrected chi connectivity index (χ2v) is 6.95. The Kier molecular flexibility index (Phi) is 5.86. The second-order valence-electron chi connectivity index (χ2n) is 6.52. The van der Waals surface area contributed by atoms with Crippen molar-refractivity contribution in [2.75, 3.05) is 6.54 Å². The molecule has 0 bridgehead atoms. The summed E-state index contributed by atoms with van der Waals surface area (Å²) in [6.45, 7) is 0.737. The third-order valence-electron chi connectivity index (χ3n) is 4.73. The van der Waals surface area contributed by atoms with Gasteiger partial charge in [0.05, 0.1) is 5.56 Å². The van der Waals surface area contributed by atoms with E-state index in [1.54, 1.807) is 12.4 Å². The van der Waals surface area contributed by atoms with Crippen LogP contribution in [0.3, 0.4) is 0 Å². The maximum Gasteiger partial charge on any atom is 0.252 e. The molecule has 2 aromatic rings. The van der Waals surface area contributed by atoms with Gasteiger partial charge in [0.2, 0.25) is 0 Å². The molecule has 0 unspecified atom stereocenters. The van der Waals surface area contributed by atoms with Gasteiger partial charge in [-0.3, -0.25) is 9.78 Å². The van der Waals surface area contributed by atoms with Crippen molar-refractivity contribution in [1.82, 2.24) is 10.3 Å². The standard InChI is InChI=1S/C20H23ClN2O/c21-19-9-7-16(8-10-19)17-12-18(14-22-13-17)20(24)23-11-3-6-15-4-1-2-5-15/h7-10,12-15H,1-6,11H2,(H,23,24). The van der Waals surface area contributed by atoms with Crippen LogP contribution in [0.4, 0.5) is 0 Å². The monoisotopic (exact) mass is 342 g/mol. The normalized spacial score (nSPS) is 14.7. The van der Waals surface area contributed by atoms with Gasteiger partial charge in [-0.05, 0) is 42.5 Å². The summed E-state index contributed by atoms with van der Waals surface area (Å²) in [4.78, 5) is 16.5. The van der Waals surface area contributed by atoms with Crippen molar-refractivity contribution in [3.8, 4) is 11.1 Å². The summed E-state index contributed by atoms with van der Waals surface area (Å²) >= 11 is 5.92. The maximum atomic E-state index is 12.3. The summed E-state index contributed by atoms with van der Waals surface area (Å²) in [5, 5.41) is 3.71. The second kappa shape index (κ2) is 8.29. The Hall–Kier alpha value is -1.87. The van der Waals surface area contributed by atoms with Crippen LogP contribution in [0, 0.1) is 5.92 Å². The summed E-state index contributed by atoms with van der Waals surface area (Å²) in [5.74, 6) is 0.821. The van der Waals surface area contributed by atoms with E-state index in [9.17, 15) is 4.79 Å². The van der Waals surface area contributed by atoms with Gasteiger partial charge in [-0.1, -0.05) is 49.4 Å². The molecule has 0 spiro atoms. The van der Waals surface area contributed by atoms with Gasteiger partial charge in [-0.2, -0.15) is 0 Å². The zero-order valence-electron chi connectivity index (χ0n) is 13.8. The molecule has 1 aliphatic rings. The minimum atomic E-state index is -0.0512. The fourth-order valence-electron chi connectivity index (χ4n) is 3.36. The van der Waals surface area contributed by atoms with Crippen LogP contribution in [-0.2, 0) is 0 Å². The van der Waals surface area contributed by atoms with Gasteiger partial charge < -0.3 is 5.32 Å². The highest BCUT2D eigenvalue weighted by atomic mass is 35.5. The Morgan fingerprint density at radius 3 is 2.62 bits per heavy atom. The van der Waals surface area contributed by atoms with Crippen molar-refractivity contribution >= 4 is 17.5 Å². The molecule has 1 heterocycles. The molecule has 0 atom stereocenters. The summed E-state index contributed by atoms with van der Waals surface area (Å²) < 4.78 is 0. The number of nitrogens with zero attached hydrogens (tertiary/aromatic N) is 1. The molecule has 1 saturated carbocycles. The van der Waals surface area contributed by atoms with E-state index in [-0.39, 0.29) is 5.91 Å². The summed E-state index contributed by atoms with van der Waals surface area (Å²) in [7, 11) is 0. The average Bonchev–Trinajstić information content (AvgIpc) is 3.13. The number of amides is 1. The number of carbonyl (C=O) groups is 1. The van der Waals surface area contributed by atoms with Gasteiger partial charge in [0.25, 0.3) is 5.91 Å². The van der Waals surface area contributed by atoms with E-state index in [1.807, 2.05) is 30.3 Å². The molecule has 1 N–H and O–H groups in total. The summed E-state index contributed by atoms with van der Waals surface area (Å²) in [6, 6.07) is 9.42.